The Kier molecular flexibility index (Phi) is 4.21. The molecule has 18 heavy (non-hydrogen) atoms. The van der Waals surface area contributed by atoms with E-state index in [2.05, 4.69) is 49.5 Å². The maximum Gasteiger partial charge on any atom is 0.126 e. The molecule has 0 amide bonds. The van der Waals surface area contributed by atoms with Crippen molar-refractivity contribution in [2.45, 2.75) is 56.7 Å². The molecule has 2 rings (SSSR count). The molecule has 0 bridgehead atoms. The van der Waals surface area contributed by atoms with Crippen LogP contribution in [0.1, 0.15) is 45.6 Å². The topological polar surface area (TPSA) is 24.9 Å². The molecule has 3 heteroatoms. The molecule has 0 aliphatic heterocycles. The molecule has 0 spiro atoms. The largest absolute Gasteiger partial charge is 0.366 e. The lowest BCUT2D eigenvalue weighted by atomic mass is 9.88. The average Bonchev–Trinajstić information content (AvgIpc) is 2.76. The number of thioether (sulfide) groups is 1. The highest BCUT2D eigenvalue weighted by molar-refractivity contribution is 7.99. The van der Waals surface area contributed by atoms with Crippen LogP contribution in [-0.2, 0) is 5.41 Å². The van der Waals surface area contributed by atoms with Crippen molar-refractivity contribution in [3.63, 3.8) is 0 Å². The normalized spacial score (nSPS) is 24.2. The van der Waals surface area contributed by atoms with Gasteiger partial charge in [-0.15, -0.1) is 0 Å². The second kappa shape index (κ2) is 5.52. The zero-order valence-electron chi connectivity index (χ0n) is 11.9. The number of nitrogens with one attached hydrogen (secondary N) is 1. The standard InChI is InChI=1S/C15H24N2S/c1-15(2,3)11-8-9-14(16-10-11)17-12-6-5-7-13(12)18-4/h8-10,12-13H,5-7H2,1-4H3,(H,16,17). The molecule has 1 heterocycles. The fourth-order valence-electron chi connectivity index (χ4n) is 2.49. The van der Waals surface area contributed by atoms with Gasteiger partial charge in [-0.3, -0.25) is 0 Å². The Morgan fingerprint density at radius 1 is 1.28 bits per heavy atom. The summed E-state index contributed by atoms with van der Waals surface area (Å²) in [5.74, 6) is 1.02. The second-order valence-corrected chi connectivity index (χ2v) is 7.21. The maximum absolute atomic E-state index is 4.56. The summed E-state index contributed by atoms with van der Waals surface area (Å²) in [5, 5.41) is 4.33. The van der Waals surface area contributed by atoms with Crippen LogP contribution in [0.25, 0.3) is 0 Å². The Balaban J connectivity index is 2.02. The van der Waals surface area contributed by atoms with E-state index >= 15 is 0 Å². The number of anilines is 1. The van der Waals surface area contributed by atoms with Crippen LogP contribution in [0, 0.1) is 0 Å². The van der Waals surface area contributed by atoms with E-state index in [1.54, 1.807) is 0 Å². The van der Waals surface area contributed by atoms with Gasteiger partial charge in [-0.1, -0.05) is 33.3 Å². The lowest BCUT2D eigenvalue weighted by Crippen LogP contribution is -2.26. The van der Waals surface area contributed by atoms with Gasteiger partial charge in [0.25, 0.3) is 0 Å². The first-order chi connectivity index (χ1) is 8.50. The third-order valence-corrected chi connectivity index (χ3v) is 4.89. The summed E-state index contributed by atoms with van der Waals surface area (Å²) in [6.45, 7) is 6.66. The smallest absolute Gasteiger partial charge is 0.126 e. The molecular weight excluding hydrogens is 240 g/mol. The summed E-state index contributed by atoms with van der Waals surface area (Å²) in [4.78, 5) is 4.56. The van der Waals surface area contributed by atoms with Gasteiger partial charge in [0.05, 0.1) is 0 Å². The molecule has 2 nitrogen and oxygen atoms in total. The predicted molar refractivity (Wildman–Crippen MR) is 81.5 cm³/mol. The Morgan fingerprint density at radius 3 is 2.61 bits per heavy atom. The lowest BCUT2D eigenvalue weighted by molar-refractivity contribution is 0.587. The van der Waals surface area contributed by atoms with E-state index in [4.69, 9.17) is 0 Å². The maximum atomic E-state index is 4.56. The molecule has 0 radical (unpaired) electrons. The molecule has 1 fully saturated rings. The van der Waals surface area contributed by atoms with Gasteiger partial charge >= 0.3 is 0 Å². The van der Waals surface area contributed by atoms with Gasteiger partial charge in [0.2, 0.25) is 0 Å². The minimum absolute atomic E-state index is 0.181. The van der Waals surface area contributed by atoms with Crippen LogP contribution < -0.4 is 5.32 Å². The van der Waals surface area contributed by atoms with Gasteiger partial charge in [0.15, 0.2) is 0 Å². The molecule has 2 atom stereocenters. The first-order valence-corrected chi connectivity index (χ1v) is 8.05. The Bertz CT molecular complexity index is 380. The molecule has 0 aromatic carbocycles. The molecule has 1 aromatic heterocycles. The van der Waals surface area contributed by atoms with Crippen molar-refractivity contribution in [2.24, 2.45) is 0 Å². The summed E-state index contributed by atoms with van der Waals surface area (Å²) >= 11 is 1.98. The molecule has 100 valence electrons. The Hall–Kier alpha value is -0.700. The highest BCUT2D eigenvalue weighted by Gasteiger charge is 2.26. The van der Waals surface area contributed by atoms with E-state index in [0.29, 0.717) is 6.04 Å². The van der Waals surface area contributed by atoms with Crippen LogP contribution in [0.3, 0.4) is 0 Å². The highest BCUT2D eigenvalue weighted by Crippen LogP contribution is 2.30. The molecule has 2 unspecified atom stereocenters. The van der Waals surface area contributed by atoms with Gasteiger partial charge in [-0.05, 0) is 36.1 Å². The molecule has 1 aromatic rings. The summed E-state index contributed by atoms with van der Waals surface area (Å²) in [7, 11) is 0. The van der Waals surface area contributed by atoms with Crippen LogP contribution in [0.4, 0.5) is 5.82 Å². The molecule has 1 saturated carbocycles. The van der Waals surface area contributed by atoms with E-state index in [9.17, 15) is 0 Å². The van der Waals surface area contributed by atoms with Crippen LogP contribution in [0.15, 0.2) is 18.3 Å². The van der Waals surface area contributed by atoms with Gasteiger partial charge in [-0.25, -0.2) is 4.98 Å². The average molecular weight is 264 g/mol. The van der Waals surface area contributed by atoms with E-state index < -0.39 is 0 Å². The number of hydrogen-bond acceptors (Lipinski definition) is 3. The first kappa shape index (κ1) is 13.7. The van der Waals surface area contributed by atoms with Crippen molar-refractivity contribution >= 4 is 17.6 Å². The fraction of sp³-hybridized carbons (Fsp3) is 0.667. The second-order valence-electron chi connectivity index (χ2n) is 6.14. The zero-order chi connectivity index (χ0) is 13.2. The van der Waals surface area contributed by atoms with E-state index in [1.165, 1.54) is 24.8 Å². The number of hydrogen-bond donors (Lipinski definition) is 1. The van der Waals surface area contributed by atoms with Crippen LogP contribution in [-0.4, -0.2) is 22.5 Å². The monoisotopic (exact) mass is 264 g/mol. The summed E-state index contributed by atoms with van der Waals surface area (Å²) in [5.41, 5.74) is 1.47. The minimum atomic E-state index is 0.181. The van der Waals surface area contributed by atoms with Gasteiger partial charge in [0, 0.05) is 17.5 Å². The van der Waals surface area contributed by atoms with Crippen LogP contribution >= 0.6 is 11.8 Å². The number of pyridine rings is 1. The summed E-state index contributed by atoms with van der Waals surface area (Å²) < 4.78 is 0. The van der Waals surface area contributed by atoms with Crippen molar-refractivity contribution in [3.8, 4) is 0 Å². The van der Waals surface area contributed by atoms with Crippen molar-refractivity contribution in [1.29, 1.82) is 0 Å². The van der Waals surface area contributed by atoms with Gasteiger partial charge in [-0.2, -0.15) is 11.8 Å². The summed E-state index contributed by atoms with van der Waals surface area (Å²) in [6, 6.07) is 4.90. The SMILES string of the molecule is CSC1CCCC1Nc1ccc(C(C)(C)C)cn1. The number of nitrogens with zero attached hydrogens (tertiary/aromatic N) is 1. The minimum Gasteiger partial charge on any atom is -0.366 e. The molecular formula is C15H24N2S. The third kappa shape index (κ3) is 3.19. The number of rotatable bonds is 3. The Labute approximate surface area is 115 Å². The van der Waals surface area contributed by atoms with Crippen molar-refractivity contribution < 1.29 is 0 Å². The molecule has 1 aliphatic carbocycles. The third-order valence-electron chi connectivity index (χ3n) is 3.72. The van der Waals surface area contributed by atoms with E-state index in [1.807, 2.05) is 18.0 Å². The zero-order valence-corrected chi connectivity index (χ0v) is 12.7. The Morgan fingerprint density at radius 2 is 2.06 bits per heavy atom. The summed E-state index contributed by atoms with van der Waals surface area (Å²) in [6.07, 6.45) is 8.16. The first-order valence-electron chi connectivity index (χ1n) is 6.76. The molecule has 1 aliphatic rings. The predicted octanol–water partition coefficient (Wildman–Crippen LogP) is 4.08. The number of aromatic nitrogens is 1. The van der Waals surface area contributed by atoms with Crippen molar-refractivity contribution in [3.05, 3.63) is 23.9 Å². The fourth-order valence-corrected chi connectivity index (χ4v) is 3.42. The molecule has 0 saturated heterocycles. The lowest BCUT2D eigenvalue weighted by Gasteiger charge is -2.21. The van der Waals surface area contributed by atoms with Crippen LogP contribution in [0.2, 0.25) is 0 Å². The van der Waals surface area contributed by atoms with Crippen molar-refractivity contribution in [1.82, 2.24) is 4.98 Å². The van der Waals surface area contributed by atoms with Gasteiger partial charge < -0.3 is 5.32 Å². The van der Waals surface area contributed by atoms with Crippen molar-refractivity contribution in [2.75, 3.05) is 11.6 Å². The van der Waals surface area contributed by atoms with E-state index in [-0.39, 0.29) is 5.41 Å². The highest BCUT2D eigenvalue weighted by atomic mass is 32.2. The van der Waals surface area contributed by atoms with E-state index in [0.717, 1.165) is 11.1 Å². The van der Waals surface area contributed by atoms with Crippen LogP contribution in [0.5, 0.6) is 0 Å². The molecule has 1 N–H and O–H groups in total. The van der Waals surface area contributed by atoms with Gasteiger partial charge in [0.1, 0.15) is 5.82 Å². The quantitative estimate of drug-likeness (QED) is 0.890.